The smallest absolute Gasteiger partial charge is 0.208 e. The molecule has 1 aliphatic carbocycles. The third kappa shape index (κ3) is 2.48. The van der Waals surface area contributed by atoms with E-state index in [9.17, 15) is 8.78 Å². The van der Waals surface area contributed by atoms with Crippen LogP contribution in [0.3, 0.4) is 0 Å². The summed E-state index contributed by atoms with van der Waals surface area (Å²) in [6.45, 7) is 1.94. The maximum Gasteiger partial charge on any atom is 0.208 e. The van der Waals surface area contributed by atoms with Crippen molar-refractivity contribution in [2.45, 2.75) is 38.7 Å². The average Bonchev–Trinajstić information content (AvgIpc) is 3.39. The number of rotatable bonds is 4. The molecule has 0 N–H and O–H groups in total. The summed E-state index contributed by atoms with van der Waals surface area (Å²) in [7, 11) is 0. The maximum absolute atomic E-state index is 15.2. The Labute approximate surface area is 153 Å². The van der Waals surface area contributed by atoms with E-state index < -0.39 is 17.5 Å². The SMILES string of the molecule is CCCc1ccc2cc3c(oc4c(F)c(OC5CC5)ccc43)c(F)c2c1F. The van der Waals surface area contributed by atoms with Crippen LogP contribution in [-0.2, 0) is 6.42 Å². The zero-order chi connectivity index (χ0) is 18.7. The molecular weight excluding hydrogens is 353 g/mol. The van der Waals surface area contributed by atoms with Gasteiger partial charge < -0.3 is 9.15 Å². The number of benzene rings is 3. The monoisotopic (exact) mass is 370 g/mol. The fourth-order valence-electron chi connectivity index (χ4n) is 3.60. The van der Waals surface area contributed by atoms with E-state index >= 15 is 4.39 Å². The lowest BCUT2D eigenvalue weighted by Gasteiger charge is -2.07. The van der Waals surface area contributed by atoms with Gasteiger partial charge in [-0.15, -0.1) is 0 Å². The first-order chi connectivity index (χ1) is 13.1. The van der Waals surface area contributed by atoms with Crippen LogP contribution in [0.25, 0.3) is 32.7 Å². The van der Waals surface area contributed by atoms with E-state index in [0.29, 0.717) is 28.1 Å². The van der Waals surface area contributed by atoms with E-state index in [-0.39, 0.29) is 28.4 Å². The topological polar surface area (TPSA) is 22.4 Å². The third-order valence-electron chi connectivity index (χ3n) is 5.11. The predicted octanol–water partition coefficient (Wildman–Crippen LogP) is 6.65. The molecule has 0 saturated heterocycles. The highest BCUT2D eigenvalue weighted by atomic mass is 19.1. The molecule has 0 amide bonds. The van der Waals surface area contributed by atoms with Gasteiger partial charge in [-0.2, -0.15) is 4.39 Å². The molecule has 1 aliphatic rings. The largest absolute Gasteiger partial charge is 0.487 e. The standard InChI is InChI=1S/C22H17F3O2/c1-2-3-11-4-5-12-10-15-14-8-9-16(26-13-6-7-13)19(24)21(14)27-22(15)20(25)17(12)18(11)23/h4-5,8-10,13H,2-3,6-7H2,1H3. The summed E-state index contributed by atoms with van der Waals surface area (Å²) in [6.07, 6.45) is 3.11. The van der Waals surface area contributed by atoms with Gasteiger partial charge in [-0.05, 0) is 48.4 Å². The summed E-state index contributed by atoms with van der Waals surface area (Å²) < 4.78 is 55.8. The Balaban J connectivity index is 1.79. The minimum atomic E-state index is -0.793. The van der Waals surface area contributed by atoms with Crippen molar-refractivity contribution in [3.05, 3.63) is 53.3 Å². The van der Waals surface area contributed by atoms with Crippen molar-refractivity contribution < 1.29 is 22.3 Å². The molecule has 5 heteroatoms. The minimum absolute atomic E-state index is 0.0340. The van der Waals surface area contributed by atoms with Crippen LogP contribution in [0.15, 0.2) is 34.7 Å². The van der Waals surface area contributed by atoms with Crippen molar-refractivity contribution in [2.75, 3.05) is 0 Å². The normalized spacial score (nSPS) is 14.5. The molecule has 138 valence electrons. The second-order valence-electron chi connectivity index (χ2n) is 7.13. The Hall–Kier alpha value is -2.69. The van der Waals surface area contributed by atoms with Gasteiger partial charge in [0.25, 0.3) is 0 Å². The number of hydrogen-bond acceptors (Lipinski definition) is 2. The number of fused-ring (bicyclic) bond motifs is 4. The van der Waals surface area contributed by atoms with Gasteiger partial charge in [-0.3, -0.25) is 0 Å². The molecule has 0 radical (unpaired) electrons. The van der Waals surface area contributed by atoms with Crippen LogP contribution in [0.2, 0.25) is 0 Å². The summed E-state index contributed by atoms with van der Waals surface area (Å²) >= 11 is 0. The van der Waals surface area contributed by atoms with Crippen molar-refractivity contribution in [1.29, 1.82) is 0 Å². The molecule has 1 aromatic heterocycles. The molecule has 4 aromatic rings. The van der Waals surface area contributed by atoms with Gasteiger partial charge in [-0.1, -0.05) is 25.5 Å². The molecular formula is C22H17F3O2. The number of halogens is 3. The van der Waals surface area contributed by atoms with Crippen molar-refractivity contribution in [1.82, 2.24) is 0 Å². The molecule has 0 unspecified atom stereocenters. The highest BCUT2D eigenvalue weighted by molar-refractivity contribution is 6.11. The van der Waals surface area contributed by atoms with Gasteiger partial charge in [-0.25, -0.2) is 8.78 Å². The second kappa shape index (κ2) is 5.91. The number of hydrogen-bond donors (Lipinski definition) is 0. The van der Waals surface area contributed by atoms with Crippen molar-refractivity contribution in [2.24, 2.45) is 0 Å². The fraction of sp³-hybridized carbons (Fsp3) is 0.273. The maximum atomic E-state index is 15.2. The van der Waals surface area contributed by atoms with E-state index in [1.807, 2.05) is 6.92 Å². The summed E-state index contributed by atoms with van der Waals surface area (Å²) in [5.74, 6) is -1.91. The van der Waals surface area contributed by atoms with Crippen LogP contribution >= 0.6 is 0 Å². The number of furan rings is 1. The summed E-state index contributed by atoms with van der Waals surface area (Å²) in [5.41, 5.74) is 0.268. The Kier molecular flexibility index (Phi) is 3.61. The number of aryl methyl sites for hydroxylation is 1. The van der Waals surface area contributed by atoms with Gasteiger partial charge in [0.05, 0.1) is 11.5 Å². The van der Waals surface area contributed by atoms with E-state index in [1.54, 1.807) is 24.3 Å². The molecule has 1 heterocycles. The van der Waals surface area contributed by atoms with E-state index in [2.05, 4.69) is 0 Å². The first-order valence-electron chi connectivity index (χ1n) is 9.19. The molecule has 2 nitrogen and oxygen atoms in total. The molecule has 0 spiro atoms. The lowest BCUT2D eigenvalue weighted by molar-refractivity contribution is 0.287. The molecule has 0 aliphatic heterocycles. The lowest BCUT2D eigenvalue weighted by Crippen LogP contribution is -1.98. The lowest BCUT2D eigenvalue weighted by atomic mass is 10.0. The Bertz CT molecular complexity index is 1210. The Morgan fingerprint density at radius 3 is 2.48 bits per heavy atom. The zero-order valence-electron chi connectivity index (χ0n) is 14.7. The van der Waals surface area contributed by atoms with E-state index in [4.69, 9.17) is 9.15 Å². The van der Waals surface area contributed by atoms with Gasteiger partial charge in [0.15, 0.2) is 22.7 Å². The van der Waals surface area contributed by atoms with Gasteiger partial charge >= 0.3 is 0 Å². The number of ether oxygens (including phenoxy) is 1. The van der Waals surface area contributed by atoms with Crippen molar-refractivity contribution in [3.8, 4) is 5.75 Å². The Morgan fingerprint density at radius 1 is 0.963 bits per heavy atom. The summed E-state index contributed by atoms with van der Waals surface area (Å²) in [5, 5.41) is 1.19. The summed E-state index contributed by atoms with van der Waals surface area (Å²) in [6, 6.07) is 8.23. The molecule has 0 bridgehead atoms. The van der Waals surface area contributed by atoms with Gasteiger partial charge in [0.1, 0.15) is 5.82 Å². The first kappa shape index (κ1) is 16.5. The van der Waals surface area contributed by atoms with Gasteiger partial charge in [0, 0.05) is 10.8 Å². The van der Waals surface area contributed by atoms with Crippen LogP contribution in [0.4, 0.5) is 13.2 Å². The molecule has 5 rings (SSSR count). The van der Waals surface area contributed by atoms with Crippen molar-refractivity contribution in [3.63, 3.8) is 0 Å². The molecule has 3 aromatic carbocycles. The predicted molar refractivity (Wildman–Crippen MR) is 98.7 cm³/mol. The fourth-order valence-corrected chi connectivity index (χ4v) is 3.60. The van der Waals surface area contributed by atoms with Crippen LogP contribution in [0.1, 0.15) is 31.7 Å². The van der Waals surface area contributed by atoms with Crippen LogP contribution < -0.4 is 4.74 Å². The van der Waals surface area contributed by atoms with E-state index in [1.165, 1.54) is 6.07 Å². The van der Waals surface area contributed by atoms with E-state index in [0.717, 1.165) is 19.3 Å². The summed E-state index contributed by atoms with van der Waals surface area (Å²) in [4.78, 5) is 0. The average molecular weight is 370 g/mol. The third-order valence-corrected chi connectivity index (χ3v) is 5.11. The first-order valence-corrected chi connectivity index (χ1v) is 9.19. The molecule has 1 saturated carbocycles. The quantitative estimate of drug-likeness (QED) is 0.401. The molecule has 1 fully saturated rings. The Morgan fingerprint density at radius 2 is 1.74 bits per heavy atom. The second-order valence-corrected chi connectivity index (χ2v) is 7.13. The van der Waals surface area contributed by atoms with Gasteiger partial charge in [0.2, 0.25) is 5.82 Å². The van der Waals surface area contributed by atoms with Crippen molar-refractivity contribution >= 4 is 32.7 Å². The highest BCUT2D eigenvalue weighted by Gasteiger charge is 2.27. The van der Waals surface area contributed by atoms with Crippen LogP contribution in [0.5, 0.6) is 5.75 Å². The molecule has 27 heavy (non-hydrogen) atoms. The minimum Gasteiger partial charge on any atom is -0.487 e. The molecule has 0 atom stereocenters. The van der Waals surface area contributed by atoms with Crippen LogP contribution in [-0.4, -0.2) is 6.10 Å². The van der Waals surface area contributed by atoms with Crippen LogP contribution in [0, 0.1) is 17.5 Å². The zero-order valence-corrected chi connectivity index (χ0v) is 14.7. The highest BCUT2D eigenvalue weighted by Crippen LogP contribution is 2.40.